The SMILES string of the molecule is C.C.C.C.C#CC#CC#CC#CC#CC#CC.C#CC#CC#CC#CC#CC#CC.C#CC#CC#CC#CC#CC#CC.C#CC#CC#CC#CC#CC#CC.c1ccc2c(c1)Cc1ccccc1-2.c1ccc2c(c1)Cc1ccccc1O2.c1ccc2cc3c(cc2c1)CCCC3.c1ccc2nc3ccccc3cc2c1. The lowest BCUT2D eigenvalue weighted by atomic mass is 9.89. The zero-order chi connectivity index (χ0) is 75.9. The highest BCUT2D eigenvalue weighted by Crippen LogP contribution is 2.37. The van der Waals surface area contributed by atoms with E-state index in [4.69, 9.17) is 30.4 Å². The highest BCUT2D eigenvalue weighted by atomic mass is 16.5. The van der Waals surface area contributed by atoms with Crippen molar-refractivity contribution < 1.29 is 4.74 Å². The average Bonchev–Trinajstić information content (AvgIpc) is 1.79. The number of nitrogens with zero attached hydrogens (tertiary/aromatic N) is 1. The van der Waals surface area contributed by atoms with E-state index in [2.05, 4.69) is 393 Å². The number of aromatic nitrogens is 1. The van der Waals surface area contributed by atoms with E-state index in [-0.39, 0.29) is 29.7 Å². The molecule has 12 rings (SSSR count). The largest absolute Gasteiger partial charge is 0.457 e. The van der Waals surface area contributed by atoms with Crippen molar-refractivity contribution in [2.45, 2.75) is 95.9 Å². The van der Waals surface area contributed by atoms with E-state index in [1.807, 2.05) is 60.7 Å². The number of terminal acetylenes is 4. The second kappa shape index (κ2) is 60.5. The summed E-state index contributed by atoms with van der Waals surface area (Å²) < 4.78 is 5.78. The molecule has 0 spiro atoms. The van der Waals surface area contributed by atoms with Crippen LogP contribution in [0.2, 0.25) is 0 Å². The minimum Gasteiger partial charge on any atom is -0.457 e. The predicted octanol–water partition coefficient (Wildman–Crippen LogP) is 18.9. The first-order valence-corrected chi connectivity index (χ1v) is 32.7. The van der Waals surface area contributed by atoms with E-state index >= 15 is 0 Å². The van der Waals surface area contributed by atoms with Crippen LogP contribution in [0.5, 0.6) is 11.5 Å². The van der Waals surface area contributed by atoms with Crippen LogP contribution in [-0.2, 0) is 25.7 Å². The molecular formula is C109H75NO. The number of para-hydroxylation sites is 4. The first kappa shape index (κ1) is 91.9. The molecule has 111 heavy (non-hydrogen) atoms. The zero-order valence-electron chi connectivity index (χ0n) is 59.3. The zero-order valence-corrected chi connectivity index (χ0v) is 59.3. The lowest BCUT2D eigenvalue weighted by Crippen LogP contribution is -2.01. The van der Waals surface area contributed by atoms with Gasteiger partial charge in [0.1, 0.15) is 11.5 Å². The van der Waals surface area contributed by atoms with Crippen molar-refractivity contribution in [2.24, 2.45) is 0 Å². The van der Waals surface area contributed by atoms with Gasteiger partial charge in [0.15, 0.2) is 0 Å². The smallest absolute Gasteiger partial charge is 0.130 e. The molecule has 3 aliphatic rings. The maximum atomic E-state index is 5.78. The third-order valence-corrected chi connectivity index (χ3v) is 13.7. The molecule has 2 heteroatoms. The van der Waals surface area contributed by atoms with Crippen LogP contribution >= 0.6 is 0 Å². The van der Waals surface area contributed by atoms with Crippen molar-refractivity contribution in [3.8, 4) is 309 Å². The summed E-state index contributed by atoms with van der Waals surface area (Å²) >= 11 is 0. The normalized spacial score (nSPS) is 8.07. The van der Waals surface area contributed by atoms with Gasteiger partial charge in [-0.25, -0.2) is 4.98 Å². The van der Waals surface area contributed by atoms with Crippen LogP contribution in [0.1, 0.15) is 104 Å². The van der Waals surface area contributed by atoms with Gasteiger partial charge < -0.3 is 4.74 Å². The number of pyridine rings is 1. The minimum absolute atomic E-state index is 0. The maximum Gasteiger partial charge on any atom is 0.130 e. The second-order valence-corrected chi connectivity index (χ2v) is 20.6. The molecule has 1 aliphatic heterocycles. The summed E-state index contributed by atoms with van der Waals surface area (Å²) in [5, 5.41) is 5.19. The summed E-state index contributed by atoms with van der Waals surface area (Å²) in [6.45, 7) is 6.82. The fourth-order valence-corrected chi connectivity index (χ4v) is 9.32. The molecule has 2 aliphatic carbocycles. The molecule has 8 aromatic carbocycles. The lowest BCUT2D eigenvalue weighted by Gasteiger charge is -2.19. The van der Waals surface area contributed by atoms with Gasteiger partial charge in [-0.1, -0.05) is 211 Å². The second-order valence-electron chi connectivity index (χ2n) is 20.6. The average molecular weight is 1410 g/mol. The van der Waals surface area contributed by atoms with Gasteiger partial charge in [0.2, 0.25) is 0 Å². The molecular weight excluding hydrogens is 1340 g/mol. The van der Waals surface area contributed by atoms with Crippen molar-refractivity contribution in [2.75, 3.05) is 0 Å². The Morgan fingerprint density at radius 2 is 0.477 bits per heavy atom. The fraction of sp³-hybridized carbons (Fsp3) is 0.128. The first-order valence-electron chi connectivity index (χ1n) is 32.7. The Kier molecular flexibility index (Phi) is 50.1. The molecule has 2 nitrogen and oxygen atoms in total. The molecule has 0 amide bonds. The molecule has 0 saturated carbocycles. The number of hydrogen-bond acceptors (Lipinski definition) is 2. The molecule has 9 aromatic rings. The third-order valence-electron chi connectivity index (χ3n) is 13.7. The van der Waals surface area contributed by atoms with Crippen LogP contribution in [0, 0.1) is 286 Å². The number of benzene rings is 8. The monoisotopic (exact) mass is 1410 g/mol. The van der Waals surface area contributed by atoms with E-state index < -0.39 is 0 Å². The Labute approximate surface area is 664 Å². The van der Waals surface area contributed by atoms with Gasteiger partial charge in [-0.2, -0.15) is 0 Å². The van der Waals surface area contributed by atoms with Crippen molar-refractivity contribution in [3.05, 3.63) is 221 Å². The van der Waals surface area contributed by atoms with E-state index in [0.717, 1.165) is 35.4 Å². The molecule has 1 aromatic heterocycles. The fourth-order valence-electron chi connectivity index (χ4n) is 9.32. The summed E-state index contributed by atoms with van der Waals surface area (Å²) in [5.74, 6) is 110. The first-order chi connectivity index (χ1) is 52.9. The van der Waals surface area contributed by atoms with Crippen LogP contribution < -0.4 is 4.74 Å². The van der Waals surface area contributed by atoms with Crippen LogP contribution in [0.3, 0.4) is 0 Å². The van der Waals surface area contributed by atoms with Crippen LogP contribution in [0.25, 0.3) is 43.7 Å². The molecule has 0 fully saturated rings. The molecule has 0 N–H and O–H groups in total. The van der Waals surface area contributed by atoms with Crippen LogP contribution in [-0.4, -0.2) is 4.98 Å². The van der Waals surface area contributed by atoms with Gasteiger partial charge >= 0.3 is 0 Å². The summed E-state index contributed by atoms with van der Waals surface area (Å²) in [6, 6.07) is 65.7. The quantitative estimate of drug-likeness (QED) is 0.112. The Hall–Kier alpha value is -17.1. The van der Waals surface area contributed by atoms with Crippen molar-refractivity contribution in [3.63, 3.8) is 0 Å². The summed E-state index contributed by atoms with van der Waals surface area (Å²) in [6.07, 6.45) is 26.8. The van der Waals surface area contributed by atoms with Gasteiger partial charge in [0, 0.05) is 17.2 Å². The van der Waals surface area contributed by atoms with E-state index in [1.165, 1.54) is 80.6 Å². The van der Waals surface area contributed by atoms with Crippen molar-refractivity contribution in [1.82, 2.24) is 4.98 Å². The summed E-state index contributed by atoms with van der Waals surface area (Å²) in [4.78, 5) is 4.58. The predicted molar refractivity (Wildman–Crippen MR) is 471 cm³/mol. The number of aryl methyl sites for hydroxylation is 2. The standard InChI is InChI=1S/C14H14.C13H9N.C13H10O.C13H10.4C13H4.4CH4/c1-2-6-12-10-14-8-4-3-7-13(14)9-11(12)5-1;2*1-3-7-12-10(5-1)9-11-6-2-4-8-13(11)14-12;1-3-7-12-10(5-1)9-11-6-2-4-8-13(11)12;4*1-3-5-7-9-11-13-12-10-8-6-4-2;;;;/h1-2,5-6,9-10H,3-4,7-8H2;1-9H;1-8H,9H2;1-8H,9H2;4*1H,2H3;4*1H4. The van der Waals surface area contributed by atoms with Gasteiger partial charge in [-0.15, -0.1) is 25.7 Å². The van der Waals surface area contributed by atoms with Crippen LogP contribution in [0.4, 0.5) is 0 Å². The van der Waals surface area contributed by atoms with Gasteiger partial charge in [0.05, 0.1) is 11.0 Å². The van der Waals surface area contributed by atoms with Gasteiger partial charge in [-0.3, -0.25) is 0 Å². The van der Waals surface area contributed by atoms with Gasteiger partial charge in [0.25, 0.3) is 0 Å². The van der Waals surface area contributed by atoms with E-state index in [0.29, 0.717) is 0 Å². The number of hydrogen-bond donors (Lipinski definition) is 0. The van der Waals surface area contributed by atoms with Crippen molar-refractivity contribution in [1.29, 1.82) is 0 Å². The molecule has 0 unspecified atom stereocenters. The van der Waals surface area contributed by atoms with E-state index in [9.17, 15) is 0 Å². The molecule has 0 radical (unpaired) electrons. The molecule has 2 heterocycles. The topological polar surface area (TPSA) is 22.1 Å². The Morgan fingerprint density at radius 1 is 0.243 bits per heavy atom. The number of ether oxygens (including phenoxy) is 1. The minimum atomic E-state index is 0. The molecule has 0 saturated heterocycles. The third kappa shape index (κ3) is 37.6. The van der Waals surface area contributed by atoms with Crippen molar-refractivity contribution >= 4 is 32.6 Å². The highest BCUT2D eigenvalue weighted by molar-refractivity contribution is 5.92. The maximum absolute atomic E-state index is 5.78. The Balaban J connectivity index is 0.000000631. The summed E-state index contributed by atoms with van der Waals surface area (Å²) in [7, 11) is 0. The number of fused-ring (bicyclic) bond motifs is 9. The Morgan fingerprint density at radius 3 is 0.775 bits per heavy atom. The lowest BCUT2D eigenvalue weighted by molar-refractivity contribution is 0.460. The summed E-state index contributed by atoms with van der Waals surface area (Å²) in [5.41, 5.74) is 13.6. The van der Waals surface area contributed by atoms with Gasteiger partial charge in [-0.05, 0) is 382 Å². The van der Waals surface area contributed by atoms with Crippen LogP contribution in [0.15, 0.2) is 188 Å². The Bertz CT molecular complexity index is 5670. The molecule has 522 valence electrons. The van der Waals surface area contributed by atoms with E-state index in [1.54, 1.807) is 38.8 Å². The molecule has 0 atom stereocenters. The number of rotatable bonds is 0. The highest BCUT2D eigenvalue weighted by Gasteiger charge is 2.17. The molecule has 0 bridgehead atoms.